The van der Waals surface area contributed by atoms with Crippen LogP contribution in [0.4, 0.5) is 0 Å². The number of carboxylic acids is 1. The van der Waals surface area contributed by atoms with Gasteiger partial charge in [-0.3, -0.25) is 0 Å². The van der Waals surface area contributed by atoms with Gasteiger partial charge in [0.2, 0.25) is 0 Å². The van der Waals surface area contributed by atoms with E-state index in [2.05, 4.69) is 5.32 Å². The van der Waals surface area contributed by atoms with Gasteiger partial charge in [-0.1, -0.05) is 67.8 Å². The van der Waals surface area contributed by atoms with Gasteiger partial charge in [-0.25, -0.2) is 9.59 Å². The van der Waals surface area contributed by atoms with E-state index >= 15 is 0 Å². The zero-order valence-corrected chi connectivity index (χ0v) is 19.6. The fourth-order valence-corrected chi connectivity index (χ4v) is 5.79. The lowest BCUT2D eigenvalue weighted by Gasteiger charge is -2.43. The van der Waals surface area contributed by atoms with Crippen LogP contribution in [0.15, 0.2) is 60.7 Å². The number of piperidine rings is 1. The fourth-order valence-electron chi connectivity index (χ4n) is 5.79. The van der Waals surface area contributed by atoms with Crippen LogP contribution in [0.5, 0.6) is 0 Å². The van der Waals surface area contributed by atoms with E-state index in [0.717, 1.165) is 51.6 Å². The number of benzene rings is 2. The van der Waals surface area contributed by atoms with Crippen molar-refractivity contribution >= 4 is 11.9 Å². The van der Waals surface area contributed by atoms with Crippen molar-refractivity contribution < 1.29 is 24.5 Å². The number of aromatic carboxylic acids is 1. The van der Waals surface area contributed by atoms with Gasteiger partial charge in [0.15, 0.2) is 5.60 Å². The van der Waals surface area contributed by atoms with E-state index in [1.165, 1.54) is 6.42 Å². The minimum atomic E-state index is -1.50. The van der Waals surface area contributed by atoms with Crippen molar-refractivity contribution in [1.29, 1.82) is 0 Å². The lowest BCUT2D eigenvalue weighted by Crippen LogP contribution is -2.54. The van der Waals surface area contributed by atoms with E-state index in [1.807, 2.05) is 30.3 Å². The first-order valence-corrected chi connectivity index (χ1v) is 12.5. The summed E-state index contributed by atoms with van der Waals surface area (Å²) in [4.78, 5) is 23.5. The summed E-state index contributed by atoms with van der Waals surface area (Å²) in [7, 11) is 0. The molecule has 34 heavy (non-hydrogen) atoms. The van der Waals surface area contributed by atoms with Gasteiger partial charge < -0.3 is 20.3 Å². The van der Waals surface area contributed by atoms with Crippen LogP contribution in [-0.2, 0) is 15.1 Å². The fraction of sp³-hybridized carbons (Fsp3) is 0.500. The summed E-state index contributed by atoms with van der Waals surface area (Å²) in [6.45, 7) is 1.84. The van der Waals surface area contributed by atoms with Crippen molar-refractivity contribution in [2.75, 3.05) is 13.1 Å². The normalized spacial score (nSPS) is 26.0. The predicted octanol–water partition coefficient (Wildman–Crippen LogP) is 4.38. The largest absolute Gasteiger partial charge is 0.478 e. The number of carbonyl (C=O) groups is 2. The zero-order valence-electron chi connectivity index (χ0n) is 19.6. The maximum atomic E-state index is 13.3. The predicted molar refractivity (Wildman–Crippen MR) is 129 cm³/mol. The Bertz CT molecular complexity index is 922. The van der Waals surface area contributed by atoms with Gasteiger partial charge in [-0.15, -0.1) is 0 Å². The quantitative estimate of drug-likeness (QED) is 0.567. The Balaban J connectivity index is 0.000000257. The average Bonchev–Trinajstić information content (AvgIpc) is 3.40. The third kappa shape index (κ3) is 5.34. The number of fused-ring (bicyclic) bond motifs is 2. The van der Waals surface area contributed by atoms with Gasteiger partial charge in [0, 0.05) is 30.8 Å². The highest BCUT2D eigenvalue weighted by Crippen LogP contribution is 2.43. The van der Waals surface area contributed by atoms with Crippen LogP contribution in [0, 0.1) is 17.8 Å². The molecule has 0 aromatic heterocycles. The summed E-state index contributed by atoms with van der Waals surface area (Å²) in [5, 5.41) is 23.4. The number of carboxylic acid groups (broad SMARTS) is 1. The van der Waals surface area contributed by atoms with Gasteiger partial charge in [0.25, 0.3) is 0 Å². The molecule has 2 bridgehead atoms. The summed E-state index contributed by atoms with van der Waals surface area (Å²) >= 11 is 0. The number of hydrogen-bond donors (Lipinski definition) is 3. The first-order valence-electron chi connectivity index (χ1n) is 12.5. The second-order valence-electron chi connectivity index (χ2n) is 9.76. The van der Waals surface area contributed by atoms with Crippen molar-refractivity contribution in [3.63, 3.8) is 0 Å². The summed E-state index contributed by atoms with van der Waals surface area (Å²) in [6, 6.07) is 17.7. The molecule has 6 nitrogen and oxygen atoms in total. The maximum Gasteiger partial charge on any atom is 0.343 e. The Morgan fingerprint density at radius 3 is 1.91 bits per heavy atom. The minimum Gasteiger partial charge on any atom is -0.478 e. The first-order chi connectivity index (χ1) is 16.5. The third-order valence-corrected chi connectivity index (χ3v) is 7.63. The smallest absolute Gasteiger partial charge is 0.343 e. The van der Waals surface area contributed by atoms with Crippen LogP contribution in [0.3, 0.4) is 0 Å². The molecule has 1 aliphatic heterocycles. The zero-order chi connectivity index (χ0) is 24.0. The summed E-state index contributed by atoms with van der Waals surface area (Å²) in [5.41, 5.74) is -0.486. The Morgan fingerprint density at radius 1 is 0.824 bits per heavy atom. The standard InChI is InChI=1S/C21H29NO3.C7H6O2/c23-20(25-19-15-7-6-8-16(19)14-22-13-15)21(24,18-11-4-5-12-18)17-9-2-1-3-10-17;8-7(9)6-4-2-1-3-5-6/h1-3,9-10,15-16,18-19,22,24H,4-8,11-14H2;1-5H,(H,8,9). The minimum absolute atomic E-state index is 0.0380. The number of hydrogen-bond acceptors (Lipinski definition) is 5. The molecule has 5 rings (SSSR count). The maximum absolute atomic E-state index is 13.3. The Labute approximate surface area is 201 Å². The second kappa shape index (κ2) is 11.2. The molecule has 2 aromatic rings. The Morgan fingerprint density at radius 2 is 1.38 bits per heavy atom. The molecule has 2 aromatic carbocycles. The summed E-state index contributed by atoms with van der Waals surface area (Å²) in [5.74, 6) is -0.561. The van der Waals surface area contributed by atoms with Crippen LogP contribution in [-0.4, -0.2) is 41.3 Å². The van der Waals surface area contributed by atoms with Crippen molar-refractivity contribution in [3.05, 3.63) is 71.8 Å². The van der Waals surface area contributed by atoms with Gasteiger partial charge >= 0.3 is 11.9 Å². The lowest BCUT2D eigenvalue weighted by molar-refractivity contribution is -0.188. The highest BCUT2D eigenvalue weighted by atomic mass is 16.6. The molecule has 0 radical (unpaired) electrons. The molecule has 182 valence electrons. The van der Waals surface area contributed by atoms with Crippen LogP contribution in [0.2, 0.25) is 0 Å². The monoisotopic (exact) mass is 465 g/mol. The Kier molecular flexibility index (Phi) is 8.01. The highest BCUT2D eigenvalue weighted by molar-refractivity contribution is 5.87. The number of esters is 1. The van der Waals surface area contributed by atoms with E-state index in [9.17, 15) is 14.7 Å². The molecule has 3 atom stereocenters. The Hall–Kier alpha value is -2.70. The average molecular weight is 466 g/mol. The first kappa shape index (κ1) is 24.4. The molecule has 2 saturated carbocycles. The van der Waals surface area contributed by atoms with E-state index in [-0.39, 0.29) is 12.0 Å². The van der Waals surface area contributed by atoms with E-state index in [1.54, 1.807) is 30.3 Å². The molecule has 1 saturated heterocycles. The number of carbonyl (C=O) groups excluding carboxylic acids is 1. The summed E-state index contributed by atoms with van der Waals surface area (Å²) in [6.07, 6.45) is 7.32. The van der Waals surface area contributed by atoms with E-state index in [0.29, 0.717) is 23.0 Å². The van der Waals surface area contributed by atoms with Gasteiger partial charge in [0.1, 0.15) is 6.10 Å². The number of ether oxygens (including phenoxy) is 1. The number of nitrogens with one attached hydrogen (secondary N) is 1. The molecule has 0 amide bonds. The summed E-state index contributed by atoms with van der Waals surface area (Å²) < 4.78 is 6.06. The third-order valence-electron chi connectivity index (χ3n) is 7.63. The lowest BCUT2D eigenvalue weighted by atomic mass is 9.75. The van der Waals surface area contributed by atoms with E-state index in [4.69, 9.17) is 9.84 Å². The molecule has 3 unspecified atom stereocenters. The van der Waals surface area contributed by atoms with Crippen LogP contribution in [0.25, 0.3) is 0 Å². The molecule has 3 aliphatic rings. The topological polar surface area (TPSA) is 95.9 Å². The number of rotatable bonds is 5. The molecule has 0 spiro atoms. The molecule has 6 heteroatoms. The van der Waals surface area contributed by atoms with Gasteiger partial charge in [-0.05, 0) is 43.4 Å². The van der Waals surface area contributed by atoms with Crippen molar-refractivity contribution in [1.82, 2.24) is 5.32 Å². The second-order valence-corrected chi connectivity index (χ2v) is 9.76. The van der Waals surface area contributed by atoms with Crippen molar-refractivity contribution in [2.24, 2.45) is 17.8 Å². The van der Waals surface area contributed by atoms with Crippen molar-refractivity contribution in [3.8, 4) is 0 Å². The molecular formula is C28H35NO5. The van der Waals surface area contributed by atoms with Crippen LogP contribution >= 0.6 is 0 Å². The van der Waals surface area contributed by atoms with Crippen LogP contribution < -0.4 is 5.32 Å². The molecule has 2 aliphatic carbocycles. The van der Waals surface area contributed by atoms with Gasteiger partial charge in [0.05, 0.1) is 5.56 Å². The van der Waals surface area contributed by atoms with Gasteiger partial charge in [-0.2, -0.15) is 0 Å². The number of aliphatic hydroxyl groups is 1. The SMILES string of the molecule is O=C(O)c1ccccc1.O=C(OC1C2CCCC1CNC2)C(O)(c1ccccc1)C1CCCC1. The molecular weight excluding hydrogens is 430 g/mol. The molecule has 1 heterocycles. The molecule has 3 fully saturated rings. The molecule has 3 N–H and O–H groups in total. The van der Waals surface area contributed by atoms with E-state index < -0.39 is 17.5 Å². The van der Waals surface area contributed by atoms with Crippen LogP contribution in [0.1, 0.15) is 60.9 Å². The highest BCUT2D eigenvalue weighted by Gasteiger charge is 2.50. The van der Waals surface area contributed by atoms with Crippen molar-refractivity contribution in [2.45, 2.75) is 56.7 Å².